The Morgan fingerprint density at radius 2 is 1.83 bits per heavy atom. The van der Waals surface area contributed by atoms with E-state index in [1.54, 1.807) is 29.2 Å². The summed E-state index contributed by atoms with van der Waals surface area (Å²) in [5.41, 5.74) is 0.354. The Bertz CT molecular complexity index is 1300. The number of likely N-dealkylation sites (tertiary alicyclic amines) is 1. The molecule has 184 valence electrons. The van der Waals surface area contributed by atoms with E-state index in [1.165, 1.54) is 30.5 Å². The van der Waals surface area contributed by atoms with E-state index in [4.69, 9.17) is 23.2 Å². The molecule has 0 bridgehead atoms. The summed E-state index contributed by atoms with van der Waals surface area (Å²) in [5, 5.41) is 0.178. The third-order valence-electron chi connectivity index (χ3n) is 6.40. The summed E-state index contributed by atoms with van der Waals surface area (Å²) in [7, 11) is 0. The van der Waals surface area contributed by atoms with E-state index in [0.29, 0.717) is 12.0 Å². The topological polar surface area (TPSA) is 53.2 Å². The molecule has 1 aromatic heterocycles. The lowest BCUT2D eigenvalue weighted by atomic mass is 9.74. The van der Waals surface area contributed by atoms with E-state index < -0.39 is 23.6 Å². The van der Waals surface area contributed by atoms with Crippen LogP contribution in [0.4, 0.5) is 8.78 Å². The molecule has 1 aliphatic rings. The van der Waals surface area contributed by atoms with Crippen LogP contribution in [0.1, 0.15) is 60.6 Å². The van der Waals surface area contributed by atoms with Gasteiger partial charge in [-0.25, -0.2) is 8.78 Å². The van der Waals surface area contributed by atoms with Crippen LogP contribution in [-0.4, -0.2) is 22.3 Å². The van der Waals surface area contributed by atoms with Gasteiger partial charge in [0.2, 0.25) is 5.56 Å². The van der Waals surface area contributed by atoms with Gasteiger partial charge in [0, 0.05) is 35.3 Å². The molecule has 4 rings (SSSR count). The number of pyridine rings is 1. The first-order valence-electron chi connectivity index (χ1n) is 11.3. The second-order valence-electron chi connectivity index (χ2n) is 10.2. The molecule has 3 aromatic rings. The van der Waals surface area contributed by atoms with Gasteiger partial charge < -0.3 is 9.88 Å². The van der Waals surface area contributed by atoms with Crippen LogP contribution in [0.2, 0.25) is 10.0 Å². The van der Waals surface area contributed by atoms with Crippen LogP contribution in [-0.2, 0) is 0 Å². The average molecular weight is 519 g/mol. The van der Waals surface area contributed by atoms with E-state index in [9.17, 15) is 9.59 Å². The highest BCUT2D eigenvalue weighted by Crippen LogP contribution is 2.52. The summed E-state index contributed by atoms with van der Waals surface area (Å²) >= 11 is 12.2. The number of hydrogen-bond acceptors (Lipinski definition) is 2. The van der Waals surface area contributed by atoms with Crippen molar-refractivity contribution < 1.29 is 13.6 Å². The van der Waals surface area contributed by atoms with Crippen LogP contribution in [0, 0.1) is 23.0 Å². The molecule has 2 aromatic carbocycles. The van der Waals surface area contributed by atoms with E-state index in [1.807, 2.05) is 0 Å². The van der Waals surface area contributed by atoms with E-state index >= 15 is 8.78 Å². The SMILES string of the molecule is CC(C)(C)C[C@@H]1CN(C(=O)c2ccc(=O)[nH]c2)[C@H](c2cccc(Cl)c2F)[C@@H]1c1ccc(Cl)cc1F. The lowest BCUT2D eigenvalue weighted by Gasteiger charge is -2.31. The summed E-state index contributed by atoms with van der Waals surface area (Å²) < 4.78 is 30.8. The number of carbonyl (C=O) groups excluding carboxylic acids is 1. The first kappa shape index (κ1) is 25.4. The number of aromatic nitrogens is 1. The normalized spacial score (nSPS) is 20.3. The van der Waals surface area contributed by atoms with E-state index in [0.717, 1.165) is 0 Å². The van der Waals surface area contributed by atoms with Crippen molar-refractivity contribution in [3.63, 3.8) is 0 Å². The Labute approximate surface area is 212 Å². The maximum atomic E-state index is 15.4. The van der Waals surface area contributed by atoms with Gasteiger partial charge in [0.1, 0.15) is 11.6 Å². The molecule has 3 atom stereocenters. The standard InChI is InChI=1S/C27H26Cl2F2N2O2/c1-27(2,3)12-16-14-33(26(35)15-7-10-22(34)32-13-15)25(19-5-4-6-20(29)24(19)31)23(16)18-9-8-17(28)11-21(18)30/h4-11,13,16,23,25H,12,14H2,1-3H3,(H,32,34)/t16-,23+,25-/m1/s1. The summed E-state index contributed by atoms with van der Waals surface area (Å²) in [6.07, 6.45) is 2.00. The van der Waals surface area contributed by atoms with Crippen molar-refractivity contribution in [1.29, 1.82) is 0 Å². The second-order valence-corrected chi connectivity index (χ2v) is 11.0. The van der Waals surface area contributed by atoms with Crippen molar-refractivity contribution in [2.75, 3.05) is 6.54 Å². The summed E-state index contributed by atoms with van der Waals surface area (Å²) in [6.45, 7) is 6.50. The van der Waals surface area contributed by atoms with Gasteiger partial charge in [-0.2, -0.15) is 0 Å². The quantitative estimate of drug-likeness (QED) is 0.404. The van der Waals surface area contributed by atoms with Crippen molar-refractivity contribution >= 4 is 29.1 Å². The fraction of sp³-hybridized carbons (Fsp3) is 0.333. The molecule has 1 fully saturated rings. The third kappa shape index (κ3) is 5.29. The van der Waals surface area contributed by atoms with Gasteiger partial charge in [-0.1, -0.05) is 62.2 Å². The Kier molecular flexibility index (Phi) is 7.07. The molecule has 8 heteroatoms. The van der Waals surface area contributed by atoms with Gasteiger partial charge in [-0.3, -0.25) is 9.59 Å². The number of benzene rings is 2. The molecular formula is C27H26Cl2F2N2O2. The summed E-state index contributed by atoms with van der Waals surface area (Å²) in [5.74, 6) is -2.27. The van der Waals surface area contributed by atoms with E-state index in [-0.39, 0.29) is 50.5 Å². The Hall–Kier alpha value is -2.70. The maximum Gasteiger partial charge on any atom is 0.255 e. The fourth-order valence-corrected chi connectivity index (χ4v) is 5.47. The predicted molar refractivity (Wildman–Crippen MR) is 134 cm³/mol. The molecule has 1 aliphatic heterocycles. The molecule has 1 amide bonds. The molecular weight excluding hydrogens is 493 g/mol. The van der Waals surface area contributed by atoms with Crippen LogP contribution < -0.4 is 5.56 Å². The number of hydrogen-bond donors (Lipinski definition) is 1. The summed E-state index contributed by atoms with van der Waals surface area (Å²) in [6, 6.07) is 11.0. The number of carbonyl (C=O) groups is 1. The molecule has 2 heterocycles. The van der Waals surface area contributed by atoms with Crippen molar-refractivity contribution in [2.24, 2.45) is 11.3 Å². The maximum absolute atomic E-state index is 15.4. The van der Waals surface area contributed by atoms with Crippen molar-refractivity contribution in [3.8, 4) is 0 Å². The minimum Gasteiger partial charge on any atom is -0.331 e. The minimum atomic E-state index is -0.823. The van der Waals surface area contributed by atoms with Crippen LogP contribution >= 0.6 is 23.2 Å². The van der Waals surface area contributed by atoms with Crippen molar-refractivity contribution in [1.82, 2.24) is 9.88 Å². The highest BCUT2D eigenvalue weighted by molar-refractivity contribution is 6.31. The Morgan fingerprint density at radius 3 is 2.46 bits per heavy atom. The zero-order valence-corrected chi connectivity index (χ0v) is 21.1. The van der Waals surface area contributed by atoms with Gasteiger partial charge in [-0.15, -0.1) is 0 Å². The smallest absolute Gasteiger partial charge is 0.255 e. The number of amides is 1. The molecule has 0 spiro atoms. The van der Waals surface area contributed by atoms with Crippen LogP contribution in [0.5, 0.6) is 0 Å². The molecule has 1 N–H and O–H groups in total. The fourth-order valence-electron chi connectivity index (χ4n) is 5.13. The first-order chi connectivity index (χ1) is 16.5. The van der Waals surface area contributed by atoms with Crippen LogP contribution in [0.25, 0.3) is 0 Å². The predicted octanol–water partition coefficient (Wildman–Crippen LogP) is 6.99. The second kappa shape index (κ2) is 9.75. The lowest BCUT2D eigenvalue weighted by Crippen LogP contribution is -2.33. The monoisotopic (exact) mass is 518 g/mol. The third-order valence-corrected chi connectivity index (χ3v) is 6.93. The number of rotatable bonds is 4. The molecule has 0 radical (unpaired) electrons. The molecule has 1 saturated heterocycles. The Balaban J connectivity index is 1.92. The van der Waals surface area contributed by atoms with Crippen LogP contribution in [0.15, 0.2) is 59.5 Å². The highest BCUT2D eigenvalue weighted by Gasteiger charge is 2.48. The molecule has 35 heavy (non-hydrogen) atoms. The van der Waals surface area contributed by atoms with Gasteiger partial charge in [0.05, 0.1) is 16.6 Å². The highest BCUT2D eigenvalue weighted by atomic mass is 35.5. The largest absolute Gasteiger partial charge is 0.331 e. The molecule has 0 saturated carbocycles. The zero-order valence-electron chi connectivity index (χ0n) is 19.6. The van der Waals surface area contributed by atoms with Crippen LogP contribution in [0.3, 0.4) is 0 Å². The van der Waals surface area contributed by atoms with Gasteiger partial charge in [-0.05, 0) is 47.6 Å². The van der Waals surface area contributed by atoms with Crippen molar-refractivity contribution in [2.45, 2.75) is 39.2 Å². The molecule has 0 unspecified atom stereocenters. The van der Waals surface area contributed by atoms with Crippen molar-refractivity contribution in [3.05, 3.63) is 103 Å². The minimum absolute atomic E-state index is 0.0754. The van der Waals surface area contributed by atoms with E-state index in [2.05, 4.69) is 25.8 Å². The summed E-state index contributed by atoms with van der Waals surface area (Å²) in [4.78, 5) is 29.3. The Morgan fingerprint density at radius 1 is 1.09 bits per heavy atom. The lowest BCUT2D eigenvalue weighted by molar-refractivity contribution is 0.0721. The number of H-pyrrole nitrogens is 1. The number of nitrogens with zero attached hydrogens (tertiary/aromatic N) is 1. The van der Waals surface area contributed by atoms with Gasteiger partial charge >= 0.3 is 0 Å². The number of aromatic amines is 1. The molecule has 0 aliphatic carbocycles. The zero-order chi connectivity index (χ0) is 25.5. The van der Waals surface area contributed by atoms with Gasteiger partial charge in [0.25, 0.3) is 5.91 Å². The molecule has 4 nitrogen and oxygen atoms in total. The average Bonchev–Trinajstić information content (AvgIpc) is 3.12. The first-order valence-corrected chi connectivity index (χ1v) is 12.1. The number of halogens is 4. The van der Waals surface area contributed by atoms with Gasteiger partial charge in [0.15, 0.2) is 0 Å². The number of nitrogens with one attached hydrogen (secondary N) is 1.